The molecule has 31 heavy (non-hydrogen) atoms. The van der Waals surface area contributed by atoms with Gasteiger partial charge >= 0.3 is 0 Å². The quantitative estimate of drug-likeness (QED) is 0.474. The molecule has 0 spiro atoms. The van der Waals surface area contributed by atoms with E-state index in [2.05, 4.69) is 10.3 Å². The van der Waals surface area contributed by atoms with Crippen LogP contribution < -0.4 is 15.5 Å². The Bertz CT molecular complexity index is 1280. The predicted octanol–water partition coefficient (Wildman–Crippen LogP) is 5.16. The molecule has 0 aliphatic rings. The number of aryl methyl sites for hydroxylation is 2. The van der Waals surface area contributed by atoms with Gasteiger partial charge in [-0.25, -0.2) is 4.98 Å². The lowest BCUT2D eigenvalue weighted by atomic mass is 10.1. The molecule has 0 fully saturated rings. The number of carbonyl (C=O) groups excluding carboxylic acids is 1. The Morgan fingerprint density at radius 3 is 2.42 bits per heavy atom. The highest BCUT2D eigenvalue weighted by atomic mass is 16.5. The van der Waals surface area contributed by atoms with Crippen LogP contribution >= 0.6 is 0 Å². The number of amides is 1. The minimum absolute atomic E-state index is 0.0937. The van der Waals surface area contributed by atoms with E-state index in [-0.39, 0.29) is 11.0 Å². The van der Waals surface area contributed by atoms with Crippen molar-refractivity contribution in [3.63, 3.8) is 0 Å². The van der Waals surface area contributed by atoms with Crippen molar-refractivity contribution in [1.29, 1.82) is 0 Å². The number of para-hydroxylation sites is 1. The zero-order valence-electron chi connectivity index (χ0n) is 17.5. The second-order valence-corrected chi connectivity index (χ2v) is 7.28. The minimum Gasteiger partial charge on any atom is -0.457 e. The zero-order valence-corrected chi connectivity index (χ0v) is 17.5. The number of nitrogens with zero attached hydrogens (tertiary/aromatic N) is 2. The van der Waals surface area contributed by atoms with Gasteiger partial charge in [-0.3, -0.25) is 9.59 Å². The Kier molecular flexibility index (Phi) is 5.80. The lowest BCUT2D eigenvalue weighted by Gasteiger charge is -2.13. The summed E-state index contributed by atoms with van der Waals surface area (Å²) < 4.78 is 7.64. The minimum atomic E-state index is -0.450. The number of anilines is 1. The summed E-state index contributed by atoms with van der Waals surface area (Å²) in [5, 5.41) is 3.25. The van der Waals surface area contributed by atoms with Crippen LogP contribution in [0.5, 0.6) is 11.5 Å². The summed E-state index contributed by atoms with van der Waals surface area (Å²) in [7, 11) is 0. The standard InChI is InChI=1S/C25H23N3O3/c1-3-15-28-16-22(23(29)21-14-9-17(2)26-24(21)28)25(30)27-18-10-12-20(13-11-18)31-19-7-5-4-6-8-19/h4-14,16H,3,15H2,1-2H3,(H,27,30). The Hall–Kier alpha value is -3.93. The smallest absolute Gasteiger partial charge is 0.261 e. The fourth-order valence-corrected chi connectivity index (χ4v) is 3.36. The van der Waals surface area contributed by atoms with Gasteiger partial charge in [-0.05, 0) is 61.9 Å². The number of aromatic nitrogens is 2. The molecule has 156 valence electrons. The van der Waals surface area contributed by atoms with Crippen LogP contribution in [0.2, 0.25) is 0 Å². The molecule has 1 N–H and O–H groups in total. The molecule has 2 aromatic heterocycles. The van der Waals surface area contributed by atoms with Crippen LogP contribution in [0.4, 0.5) is 5.69 Å². The first-order valence-corrected chi connectivity index (χ1v) is 10.2. The van der Waals surface area contributed by atoms with Gasteiger partial charge in [0.15, 0.2) is 0 Å². The van der Waals surface area contributed by atoms with E-state index >= 15 is 0 Å². The van der Waals surface area contributed by atoms with Gasteiger partial charge in [0.05, 0.1) is 5.39 Å². The van der Waals surface area contributed by atoms with Crippen molar-refractivity contribution in [2.75, 3.05) is 5.32 Å². The van der Waals surface area contributed by atoms with E-state index in [9.17, 15) is 9.59 Å². The van der Waals surface area contributed by atoms with Crippen molar-refractivity contribution in [2.45, 2.75) is 26.8 Å². The maximum Gasteiger partial charge on any atom is 0.261 e. The first-order valence-electron chi connectivity index (χ1n) is 10.2. The summed E-state index contributed by atoms with van der Waals surface area (Å²) in [6.07, 6.45) is 2.46. The second-order valence-electron chi connectivity index (χ2n) is 7.28. The number of pyridine rings is 2. The number of rotatable bonds is 6. The fourth-order valence-electron chi connectivity index (χ4n) is 3.36. The summed E-state index contributed by atoms with van der Waals surface area (Å²) in [6.45, 7) is 4.59. The number of nitrogens with one attached hydrogen (secondary N) is 1. The third-order valence-corrected chi connectivity index (χ3v) is 4.86. The molecule has 0 atom stereocenters. The topological polar surface area (TPSA) is 73.2 Å². The largest absolute Gasteiger partial charge is 0.457 e. The lowest BCUT2D eigenvalue weighted by Crippen LogP contribution is -2.24. The van der Waals surface area contributed by atoms with E-state index in [0.29, 0.717) is 29.0 Å². The van der Waals surface area contributed by atoms with E-state index in [4.69, 9.17) is 4.74 Å². The number of ether oxygens (including phenoxy) is 1. The van der Waals surface area contributed by atoms with Gasteiger partial charge in [0, 0.05) is 24.1 Å². The summed E-state index contributed by atoms with van der Waals surface area (Å²) in [4.78, 5) is 30.4. The first kappa shape index (κ1) is 20.3. The van der Waals surface area contributed by atoms with Crippen LogP contribution in [-0.2, 0) is 6.54 Å². The van der Waals surface area contributed by atoms with Gasteiger partial charge in [-0.2, -0.15) is 0 Å². The van der Waals surface area contributed by atoms with E-state index < -0.39 is 5.91 Å². The maximum absolute atomic E-state index is 13.0. The number of fused-ring (bicyclic) bond motifs is 1. The normalized spacial score (nSPS) is 10.8. The highest BCUT2D eigenvalue weighted by molar-refractivity contribution is 6.05. The molecule has 6 nitrogen and oxygen atoms in total. The first-order chi connectivity index (χ1) is 15.0. The average Bonchev–Trinajstić information content (AvgIpc) is 2.77. The number of carbonyl (C=O) groups is 1. The van der Waals surface area contributed by atoms with Crippen molar-refractivity contribution in [3.8, 4) is 11.5 Å². The summed E-state index contributed by atoms with van der Waals surface area (Å²) in [5.41, 5.74) is 1.78. The number of benzene rings is 2. The Morgan fingerprint density at radius 2 is 1.71 bits per heavy atom. The lowest BCUT2D eigenvalue weighted by molar-refractivity contribution is 0.102. The molecule has 0 aliphatic carbocycles. The highest BCUT2D eigenvalue weighted by Crippen LogP contribution is 2.23. The van der Waals surface area contributed by atoms with Crippen molar-refractivity contribution >= 4 is 22.6 Å². The van der Waals surface area contributed by atoms with Crippen LogP contribution in [0.1, 0.15) is 29.4 Å². The molecule has 4 aromatic rings. The summed E-state index contributed by atoms with van der Waals surface area (Å²) >= 11 is 0. The summed E-state index contributed by atoms with van der Waals surface area (Å²) in [6, 6.07) is 20.0. The van der Waals surface area contributed by atoms with Crippen molar-refractivity contribution in [1.82, 2.24) is 9.55 Å². The van der Waals surface area contributed by atoms with Crippen LogP contribution in [-0.4, -0.2) is 15.5 Å². The Morgan fingerprint density at radius 1 is 1.00 bits per heavy atom. The Balaban J connectivity index is 1.59. The highest BCUT2D eigenvalue weighted by Gasteiger charge is 2.16. The van der Waals surface area contributed by atoms with E-state index in [1.807, 2.05) is 48.7 Å². The molecule has 6 heteroatoms. The van der Waals surface area contributed by atoms with Crippen molar-refractivity contribution < 1.29 is 9.53 Å². The van der Waals surface area contributed by atoms with Crippen LogP contribution in [0.3, 0.4) is 0 Å². The molecule has 0 aliphatic heterocycles. The maximum atomic E-state index is 13.0. The molecule has 1 amide bonds. The van der Waals surface area contributed by atoms with Crippen molar-refractivity contribution in [3.05, 3.63) is 94.4 Å². The molecular formula is C25H23N3O3. The molecule has 2 heterocycles. The van der Waals surface area contributed by atoms with Gasteiger partial charge in [0.25, 0.3) is 5.91 Å². The molecule has 2 aromatic carbocycles. The summed E-state index contributed by atoms with van der Waals surface area (Å²) in [5.74, 6) is 0.937. The van der Waals surface area contributed by atoms with Gasteiger partial charge in [-0.15, -0.1) is 0 Å². The average molecular weight is 413 g/mol. The van der Waals surface area contributed by atoms with Gasteiger partial charge < -0.3 is 14.6 Å². The van der Waals surface area contributed by atoms with Gasteiger partial charge in [0.1, 0.15) is 22.7 Å². The number of hydrogen-bond acceptors (Lipinski definition) is 4. The van der Waals surface area contributed by atoms with Gasteiger partial charge in [-0.1, -0.05) is 25.1 Å². The van der Waals surface area contributed by atoms with Crippen LogP contribution in [0, 0.1) is 6.92 Å². The third-order valence-electron chi connectivity index (χ3n) is 4.86. The van der Waals surface area contributed by atoms with Gasteiger partial charge in [0.2, 0.25) is 5.43 Å². The van der Waals surface area contributed by atoms with E-state index in [0.717, 1.165) is 17.9 Å². The zero-order chi connectivity index (χ0) is 21.8. The molecule has 0 radical (unpaired) electrons. The SMILES string of the molecule is CCCn1cc(C(=O)Nc2ccc(Oc3ccccc3)cc2)c(=O)c2ccc(C)nc21. The predicted molar refractivity (Wildman–Crippen MR) is 122 cm³/mol. The third kappa shape index (κ3) is 4.48. The molecule has 4 rings (SSSR count). The Labute approximate surface area is 180 Å². The molecule has 0 saturated heterocycles. The monoisotopic (exact) mass is 413 g/mol. The van der Waals surface area contributed by atoms with E-state index in [1.165, 1.54) is 0 Å². The molecular weight excluding hydrogens is 390 g/mol. The van der Waals surface area contributed by atoms with Crippen LogP contribution in [0.15, 0.2) is 77.7 Å². The van der Waals surface area contributed by atoms with E-state index in [1.54, 1.807) is 42.6 Å². The second kappa shape index (κ2) is 8.83. The van der Waals surface area contributed by atoms with Crippen molar-refractivity contribution in [2.24, 2.45) is 0 Å². The fraction of sp³-hybridized carbons (Fsp3) is 0.160. The molecule has 0 saturated carbocycles. The molecule has 0 unspecified atom stereocenters. The molecule has 0 bridgehead atoms. The van der Waals surface area contributed by atoms with Crippen LogP contribution in [0.25, 0.3) is 11.0 Å². The number of hydrogen-bond donors (Lipinski definition) is 1.